The van der Waals surface area contributed by atoms with Crippen LogP contribution in [0.4, 0.5) is 0 Å². The first-order valence-corrected chi connectivity index (χ1v) is 11.5. The molecule has 0 aliphatic carbocycles. The lowest BCUT2D eigenvalue weighted by molar-refractivity contribution is -0.138. The van der Waals surface area contributed by atoms with Gasteiger partial charge in [-0.25, -0.2) is 17.9 Å². The summed E-state index contributed by atoms with van der Waals surface area (Å²) in [7, 11) is -3.95. The fourth-order valence-electron chi connectivity index (χ4n) is 2.70. The Morgan fingerprint density at radius 3 is 2.07 bits per heavy atom. The monoisotopic (exact) mass is 466 g/mol. The molecule has 0 atom stereocenters. The fourth-order valence-corrected chi connectivity index (χ4v) is 4.76. The maximum atomic E-state index is 12.5. The number of benzene rings is 1. The van der Waals surface area contributed by atoms with Gasteiger partial charge in [-0.1, -0.05) is 37.0 Å². The molecule has 10 heteroatoms. The van der Waals surface area contributed by atoms with Crippen molar-refractivity contribution >= 4 is 45.1 Å². The van der Waals surface area contributed by atoms with Gasteiger partial charge in [-0.05, 0) is 45.7 Å². The third-order valence-electron chi connectivity index (χ3n) is 3.94. The van der Waals surface area contributed by atoms with Gasteiger partial charge in [-0.3, -0.25) is 4.79 Å². The molecule has 1 amide bonds. The van der Waals surface area contributed by atoms with Gasteiger partial charge in [0.05, 0.1) is 15.6 Å². The molecule has 0 aliphatic rings. The molecular weight excluding hydrogens is 439 g/mol. The van der Waals surface area contributed by atoms with Gasteiger partial charge in [-0.15, -0.1) is 0 Å². The Morgan fingerprint density at radius 1 is 1.03 bits per heavy atom. The lowest BCUT2D eigenvalue weighted by Crippen LogP contribution is -2.44. The number of carbonyl (C=O) groups excluding carboxylic acids is 2. The minimum Gasteiger partial charge on any atom is -0.452 e. The van der Waals surface area contributed by atoms with Crippen molar-refractivity contribution in [2.45, 2.75) is 58.5 Å². The number of sulfonamides is 1. The first kappa shape index (κ1) is 25.7. The van der Waals surface area contributed by atoms with Crippen molar-refractivity contribution in [3.05, 3.63) is 27.7 Å². The van der Waals surface area contributed by atoms with Crippen LogP contribution in [0.15, 0.2) is 17.0 Å². The highest BCUT2D eigenvalue weighted by Crippen LogP contribution is 2.29. The van der Waals surface area contributed by atoms with Crippen molar-refractivity contribution < 1.29 is 22.7 Å². The van der Waals surface area contributed by atoms with E-state index in [1.165, 1.54) is 6.07 Å². The van der Waals surface area contributed by atoms with Crippen LogP contribution in [0.1, 0.15) is 51.9 Å². The van der Waals surface area contributed by atoms with Crippen molar-refractivity contribution in [1.29, 1.82) is 0 Å². The van der Waals surface area contributed by atoms with Gasteiger partial charge in [0.2, 0.25) is 10.0 Å². The topological polar surface area (TPSA) is 92.8 Å². The van der Waals surface area contributed by atoms with Gasteiger partial charge in [0, 0.05) is 18.6 Å². The van der Waals surface area contributed by atoms with E-state index in [2.05, 4.69) is 4.72 Å². The zero-order valence-corrected chi connectivity index (χ0v) is 19.8. The number of esters is 1. The van der Waals surface area contributed by atoms with Crippen molar-refractivity contribution in [2.24, 2.45) is 5.92 Å². The number of nitrogens with one attached hydrogen (secondary N) is 1. The largest absolute Gasteiger partial charge is 0.452 e. The summed E-state index contributed by atoms with van der Waals surface area (Å²) in [6.45, 7) is 10.9. The first-order valence-electron chi connectivity index (χ1n) is 9.24. The molecule has 0 fully saturated rings. The van der Waals surface area contributed by atoms with Crippen LogP contribution in [0.2, 0.25) is 10.0 Å². The van der Waals surface area contributed by atoms with Crippen LogP contribution in [-0.2, 0) is 19.6 Å². The minimum absolute atomic E-state index is 0.0656. The zero-order chi connectivity index (χ0) is 22.5. The van der Waals surface area contributed by atoms with Crippen LogP contribution in [0.25, 0.3) is 0 Å². The highest BCUT2D eigenvalue weighted by molar-refractivity contribution is 7.89. The number of hydrogen-bond donors (Lipinski definition) is 1. The Bertz CT molecular complexity index is 846. The number of amides is 1. The second-order valence-corrected chi connectivity index (χ2v) is 10.1. The van der Waals surface area contributed by atoms with Crippen molar-refractivity contribution in [1.82, 2.24) is 9.62 Å². The molecule has 1 rings (SSSR count). The predicted octanol–water partition coefficient (Wildman–Crippen LogP) is 3.73. The van der Waals surface area contributed by atoms with Crippen molar-refractivity contribution in [3.8, 4) is 0 Å². The lowest BCUT2D eigenvalue weighted by Gasteiger charge is -2.30. The van der Waals surface area contributed by atoms with E-state index in [0.717, 1.165) is 6.07 Å². The molecule has 29 heavy (non-hydrogen) atoms. The second-order valence-electron chi connectivity index (χ2n) is 7.57. The van der Waals surface area contributed by atoms with Gasteiger partial charge < -0.3 is 9.64 Å². The smallest absolute Gasteiger partial charge is 0.340 e. The summed E-state index contributed by atoms with van der Waals surface area (Å²) in [6.07, 6.45) is 0. The zero-order valence-electron chi connectivity index (χ0n) is 17.5. The molecule has 0 radical (unpaired) electrons. The number of nitrogens with zero attached hydrogens (tertiary/aromatic N) is 1. The van der Waals surface area contributed by atoms with Gasteiger partial charge >= 0.3 is 5.97 Å². The van der Waals surface area contributed by atoms with Crippen LogP contribution < -0.4 is 4.72 Å². The van der Waals surface area contributed by atoms with Crippen LogP contribution in [-0.4, -0.2) is 50.4 Å². The summed E-state index contributed by atoms with van der Waals surface area (Å²) < 4.78 is 32.5. The van der Waals surface area contributed by atoms with E-state index in [9.17, 15) is 18.0 Å². The van der Waals surface area contributed by atoms with Gasteiger partial charge in [-0.2, -0.15) is 0 Å². The lowest BCUT2D eigenvalue weighted by atomic mass is 10.2. The molecule has 1 N–H and O–H groups in total. The summed E-state index contributed by atoms with van der Waals surface area (Å²) in [6, 6.07) is 2.09. The van der Waals surface area contributed by atoms with E-state index in [1.54, 1.807) is 4.90 Å². The van der Waals surface area contributed by atoms with E-state index in [0.29, 0.717) is 0 Å². The third kappa shape index (κ3) is 7.13. The number of rotatable bonds is 9. The molecule has 1 aromatic carbocycles. The molecule has 0 bridgehead atoms. The summed E-state index contributed by atoms with van der Waals surface area (Å²) in [5.41, 5.74) is -0.186. The Morgan fingerprint density at radius 2 is 1.59 bits per heavy atom. The number of ether oxygens (including phenoxy) is 1. The molecule has 1 aromatic rings. The molecular formula is C19H28Cl2N2O5S. The summed E-state index contributed by atoms with van der Waals surface area (Å²) >= 11 is 12.1. The Kier molecular flexibility index (Phi) is 9.40. The molecule has 0 unspecified atom stereocenters. The maximum Gasteiger partial charge on any atom is 0.340 e. The molecule has 164 valence electrons. The van der Waals surface area contributed by atoms with Gasteiger partial charge in [0.1, 0.15) is 4.90 Å². The van der Waals surface area contributed by atoms with Crippen LogP contribution in [0, 0.1) is 5.92 Å². The molecule has 7 nitrogen and oxygen atoms in total. The highest BCUT2D eigenvalue weighted by Gasteiger charge is 2.25. The standard InChI is InChI=1S/C19H28Cl2N2O5S/c1-11(2)9-22-29(26,27)17-7-14(15(20)8-16(17)21)19(25)28-10-18(24)23(12(3)4)13(5)6/h7-8,11-13,22H,9-10H2,1-6H3. The van der Waals surface area contributed by atoms with Gasteiger partial charge in [0.25, 0.3) is 5.91 Å². The normalized spacial score (nSPS) is 12.0. The van der Waals surface area contributed by atoms with E-state index in [1.807, 2.05) is 41.5 Å². The molecule has 0 aromatic heterocycles. The van der Waals surface area contributed by atoms with Crippen LogP contribution in [0.3, 0.4) is 0 Å². The second kappa shape index (κ2) is 10.6. The summed E-state index contributed by atoms with van der Waals surface area (Å²) in [5.74, 6) is -1.19. The quantitative estimate of drug-likeness (QED) is 0.559. The predicted molar refractivity (Wildman–Crippen MR) is 114 cm³/mol. The number of hydrogen-bond acceptors (Lipinski definition) is 5. The molecule has 0 saturated carbocycles. The summed E-state index contributed by atoms with van der Waals surface area (Å²) in [4.78, 5) is 26.1. The van der Waals surface area contributed by atoms with Crippen LogP contribution in [0.5, 0.6) is 0 Å². The molecule has 0 heterocycles. The van der Waals surface area contributed by atoms with Crippen molar-refractivity contribution in [2.75, 3.05) is 13.2 Å². The van der Waals surface area contributed by atoms with Gasteiger partial charge in [0.15, 0.2) is 6.61 Å². The SMILES string of the molecule is CC(C)CNS(=O)(=O)c1cc(C(=O)OCC(=O)N(C(C)C)C(C)C)c(Cl)cc1Cl. The Hall–Kier alpha value is -1.35. The maximum absolute atomic E-state index is 12.5. The minimum atomic E-state index is -3.95. The van der Waals surface area contributed by atoms with E-state index < -0.39 is 22.6 Å². The molecule has 0 spiro atoms. The Balaban J connectivity index is 3.07. The number of carbonyl (C=O) groups is 2. The van der Waals surface area contributed by atoms with E-state index in [4.69, 9.17) is 27.9 Å². The average molecular weight is 467 g/mol. The van der Waals surface area contributed by atoms with Crippen LogP contribution >= 0.6 is 23.2 Å². The average Bonchev–Trinajstić information content (AvgIpc) is 2.57. The molecule has 0 saturated heterocycles. The third-order valence-corrected chi connectivity index (χ3v) is 6.14. The van der Waals surface area contributed by atoms with E-state index in [-0.39, 0.29) is 51.0 Å². The number of halogens is 2. The fraction of sp³-hybridized carbons (Fsp3) is 0.579. The van der Waals surface area contributed by atoms with E-state index >= 15 is 0 Å². The highest BCUT2D eigenvalue weighted by atomic mass is 35.5. The first-order chi connectivity index (χ1) is 13.3. The van der Waals surface area contributed by atoms with Crippen molar-refractivity contribution in [3.63, 3.8) is 0 Å². The molecule has 0 aliphatic heterocycles. The summed E-state index contributed by atoms with van der Waals surface area (Å²) in [5, 5.41) is -0.190. The Labute approximate surface area is 182 Å².